The normalized spacial score (nSPS) is 29.8. The van der Waals surface area contributed by atoms with Crippen LogP contribution in [-0.2, 0) is 41.5 Å². The lowest BCUT2D eigenvalue weighted by Gasteiger charge is -2.45. The van der Waals surface area contributed by atoms with Gasteiger partial charge in [0.25, 0.3) is 0 Å². The summed E-state index contributed by atoms with van der Waals surface area (Å²) in [6, 6.07) is 0. The molecule has 0 aromatic heterocycles. The largest absolute Gasteiger partial charge is 0.480 e. The Morgan fingerprint density at radius 1 is 0.563 bits per heavy atom. The lowest BCUT2D eigenvalue weighted by atomic mass is 9.63. The molecule has 6 rings (SSSR count). The predicted octanol–water partition coefficient (Wildman–Crippen LogP) is 20.1. The summed E-state index contributed by atoms with van der Waals surface area (Å²) in [7, 11) is -7.93. The average Bonchev–Trinajstić information content (AvgIpc) is 1.74. The minimum atomic E-state index is -2.01. The molecule has 0 aromatic carbocycles. The third-order valence-electron chi connectivity index (χ3n) is 22.8. The molecule has 494 valence electrons. The number of carbonyl (C=O) groups excluding carboxylic acids is 1. The lowest BCUT2D eigenvalue weighted by molar-refractivity contribution is -0.154. The maximum absolute atomic E-state index is 12.1. The van der Waals surface area contributed by atoms with Crippen molar-refractivity contribution in [2.24, 2.45) is 22.7 Å². The number of carboxylic acids is 1. The maximum atomic E-state index is 12.1. The SMILES string of the molecule is C=C1C(=CC=C2CCC[C@]3(C)C([C@H](C)OCC(=O)O)=CCC23)C[C@@H](O[Si](C)(C)C(C)(C)C)C[C@@H]1O[Si](C)(C)C(C)(C)C.C=C1C(=CC=C2CCC[C@]3(C)C([C@H](C)OCC(=O)OC(C)C)=CC[C@@H]23)C[C@@H](O[Si](C)(C)C(C)(C)C)C[C@@H]1O[Si](C)(C)C(C)(C)C. The summed E-state index contributed by atoms with van der Waals surface area (Å²) in [5, 5.41) is 9.67. The van der Waals surface area contributed by atoms with E-state index in [9.17, 15) is 9.59 Å². The van der Waals surface area contributed by atoms with Crippen LogP contribution in [0.2, 0.25) is 72.5 Å². The van der Waals surface area contributed by atoms with Crippen molar-refractivity contribution in [3.63, 3.8) is 0 Å². The number of hydrogen-bond acceptors (Lipinski definition) is 9. The van der Waals surface area contributed by atoms with Gasteiger partial charge in [-0.3, -0.25) is 0 Å². The number of aliphatic carboxylic acids is 1. The van der Waals surface area contributed by atoms with E-state index in [0.29, 0.717) is 11.8 Å². The number of fused-ring (bicyclic) bond motifs is 2. The first-order valence-corrected chi connectivity index (χ1v) is 45.1. The van der Waals surface area contributed by atoms with E-state index in [1.165, 1.54) is 33.4 Å². The second-order valence-corrected chi connectivity index (χ2v) is 52.8. The Morgan fingerprint density at radius 3 is 1.22 bits per heavy atom. The fourth-order valence-electron chi connectivity index (χ4n) is 13.4. The van der Waals surface area contributed by atoms with Gasteiger partial charge in [-0.2, -0.15) is 0 Å². The molecule has 0 aliphatic heterocycles. The smallest absolute Gasteiger partial charge is 0.332 e. The summed E-state index contributed by atoms with van der Waals surface area (Å²) in [6.07, 6.45) is 26.2. The zero-order valence-corrected chi connectivity index (χ0v) is 64.1. The molecule has 10 atom stereocenters. The molecule has 0 saturated heterocycles. The number of ether oxygens (including phenoxy) is 3. The number of esters is 1. The molecule has 6 aliphatic rings. The molecule has 1 N–H and O–H groups in total. The van der Waals surface area contributed by atoms with E-state index in [1.807, 2.05) is 20.8 Å². The van der Waals surface area contributed by atoms with Crippen LogP contribution in [0.1, 0.15) is 202 Å². The molecule has 4 fully saturated rings. The van der Waals surface area contributed by atoms with Gasteiger partial charge in [0.15, 0.2) is 33.3 Å². The second kappa shape index (κ2) is 28.4. The van der Waals surface area contributed by atoms with Crippen molar-refractivity contribution in [2.45, 2.75) is 317 Å². The summed E-state index contributed by atoms with van der Waals surface area (Å²) in [6.45, 7) is 68.0. The molecular weight excluding hydrogens is 1150 g/mol. The van der Waals surface area contributed by atoms with Crippen LogP contribution in [0.5, 0.6) is 0 Å². The Labute approximate surface area is 535 Å². The summed E-state index contributed by atoms with van der Waals surface area (Å²) >= 11 is 0. The average molecular weight is 1280 g/mol. The second-order valence-electron chi connectivity index (χ2n) is 33.8. The molecule has 0 amide bonds. The minimum Gasteiger partial charge on any atom is -0.480 e. The highest BCUT2D eigenvalue weighted by Crippen LogP contribution is 2.58. The van der Waals surface area contributed by atoms with Crippen LogP contribution in [0.15, 0.2) is 94.2 Å². The van der Waals surface area contributed by atoms with Crippen LogP contribution < -0.4 is 0 Å². The van der Waals surface area contributed by atoms with Crippen LogP contribution in [0.4, 0.5) is 0 Å². The highest BCUT2D eigenvalue weighted by Gasteiger charge is 2.50. The Morgan fingerprint density at radius 2 is 0.897 bits per heavy atom. The van der Waals surface area contributed by atoms with Crippen LogP contribution >= 0.6 is 0 Å². The molecule has 0 radical (unpaired) electrons. The first-order chi connectivity index (χ1) is 39.6. The minimum absolute atomic E-state index is 0.00599. The molecule has 0 heterocycles. The van der Waals surface area contributed by atoms with Crippen LogP contribution in [0.3, 0.4) is 0 Å². The van der Waals surface area contributed by atoms with Crippen molar-refractivity contribution >= 4 is 45.2 Å². The topological polar surface area (TPSA) is 119 Å². The predicted molar refractivity (Wildman–Crippen MR) is 373 cm³/mol. The number of carbonyl (C=O) groups is 2. The van der Waals surface area contributed by atoms with E-state index < -0.39 is 39.2 Å². The van der Waals surface area contributed by atoms with Crippen LogP contribution in [0.25, 0.3) is 0 Å². The standard InChI is InChI=1S/C38H66O5Si2.C35H60O5Si2/c1-26(2)41-35(39)25-40-28(4)32-20-21-33-29(17-16-22-38(32,33)11)18-19-30-23-31(42-44(12,13)36(5,6)7)24-34(27(30)3)43-45(14,15)37(8,9)10;1-24-27(17-16-26-15-14-20-35(9)29(18-19-30(26)35)25(2)38-23-32(36)37)21-28(39-41(10,11)33(3,4)5)22-31(24)40-42(12,13)34(6,7)8/h18-20,26,28,31,33-34H,3,16-17,21-25H2,1-2,4-15H3;16-18,25,28,30-31H,1,14-15,19-23H2,2-13H3,(H,36,37)/t28-,31+,33-,34-,38+;25-,28+,30?,31-,35+/m00/s1. The summed E-state index contributed by atoms with van der Waals surface area (Å²) in [5.41, 5.74) is 10.4. The molecule has 0 aromatic rings. The molecule has 87 heavy (non-hydrogen) atoms. The van der Waals surface area contributed by atoms with Crippen molar-refractivity contribution in [1.29, 1.82) is 0 Å². The van der Waals surface area contributed by atoms with Crippen LogP contribution in [-0.4, -0.2) is 106 Å². The van der Waals surface area contributed by atoms with E-state index >= 15 is 0 Å². The third kappa shape index (κ3) is 18.4. The van der Waals surface area contributed by atoms with E-state index in [2.05, 4.69) is 206 Å². The highest BCUT2D eigenvalue weighted by atomic mass is 28.4. The van der Waals surface area contributed by atoms with E-state index in [1.54, 1.807) is 0 Å². The van der Waals surface area contributed by atoms with Crippen molar-refractivity contribution in [2.75, 3.05) is 13.2 Å². The van der Waals surface area contributed by atoms with E-state index in [4.69, 9.17) is 37.0 Å². The monoisotopic (exact) mass is 1270 g/mol. The van der Waals surface area contributed by atoms with Crippen LogP contribution in [0, 0.1) is 22.7 Å². The summed E-state index contributed by atoms with van der Waals surface area (Å²) in [4.78, 5) is 23.3. The zero-order valence-electron chi connectivity index (χ0n) is 60.1. The van der Waals surface area contributed by atoms with Gasteiger partial charge in [0, 0.05) is 12.8 Å². The zero-order chi connectivity index (χ0) is 66.1. The lowest BCUT2D eigenvalue weighted by Crippen LogP contribution is -2.49. The third-order valence-corrected chi connectivity index (χ3v) is 40.9. The fraction of sp³-hybridized carbons (Fsp3) is 0.753. The van der Waals surface area contributed by atoms with Crippen molar-refractivity contribution < 1.29 is 46.6 Å². The molecule has 6 aliphatic carbocycles. The number of hydrogen-bond donors (Lipinski definition) is 1. The van der Waals surface area contributed by atoms with Crippen molar-refractivity contribution in [3.05, 3.63) is 94.2 Å². The number of rotatable bonds is 19. The van der Waals surface area contributed by atoms with Gasteiger partial charge >= 0.3 is 11.9 Å². The fourth-order valence-corrected chi connectivity index (χ4v) is 18.7. The molecule has 4 saturated carbocycles. The Balaban J connectivity index is 0.000000318. The number of allylic oxidation sites excluding steroid dienone is 8. The molecule has 0 bridgehead atoms. The molecule has 10 nitrogen and oxygen atoms in total. The van der Waals surface area contributed by atoms with Crippen molar-refractivity contribution in [3.8, 4) is 0 Å². The first kappa shape index (κ1) is 75.2. The molecular formula is C73H126O10Si4. The van der Waals surface area contributed by atoms with E-state index in [-0.39, 0.29) is 92.9 Å². The van der Waals surface area contributed by atoms with E-state index in [0.717, 1.165) is 88.2 Å². The Hall–Kier alpha value is -2.51. The summed E-state index contributed by atoms with van der Waals surface area (Å²) < 4.78 is 45.2. The number of carboxylic acid groups (broad SMARTS) is 1. The highest BCUT2D eigenvalue weighted by molar-refractivity contribution is 6.75. The van der Waals surface area contributed by atoms with Crippen molar-refractivity contribution in [1.82, 2.24) is 0 Å². The van der Waals surface area contributed by atoms with Gasteiger partial charge in [0.2, 0.25) is 0 Å². The van der Waals surface area contributed by atoms with Gasteiger partial charge in [-0.25, -0.2) is 9.59 Å². The van der Waals surface area contributed by atoms with Gasteiger partial charge in [0.05, 0.1) is 42.7 Å². The first-order valence-electron chi connectivity index (χ1n) is 33.5. The molecule has 0 spiro atoms. The van der Waals surface area contributed by atoms with Gasteiger partial charge in [-0.05, 0) is 221 Å². The van der Waals surface area contributed by atoms with Gasteiger partial charge in [0.1, 0.15) is 13.2 Å². The maximum Gasteiger partial charge on any atom is 0.332 e. The van der Waals surface area contributed by atoms with Gasteiger partial charge in [-0.15, -0.1) is 0 Å². The Kier molecular flexibility index (Phi) is 24.5. The molecule has 1 unspecified atom stereocenters. The quantitative estimate of drug-likeness (QED) is 0.0761. The Bertz CT molecular complexity index is 2660. The molecule has 14 heteroatoms. The van der Waals surface area contributed by atoms with Gasteiger partial charge < -0.3 is 37.0 Å². The van der Waals surface area contributed by atoms with Gasteiger partial charge in [-0.1, -0.05) is 158 Å². The summed E-state index contributed by atoms with van der Waals surface area (Å²) in [5.74, 6) is -0.351.